The molecule has 0 aliphatic rings. The van der Waals surface area contributed by atoms with Gasteiger partial charge in [0.15, 0.2) is 0 Å². The van der Waals surface area contributed by atoms with Crippen molar-refractivity contribution in [1.82, 2.24) is 15.5 Å². The van der Waals surface area contributed by atoms with Gasteiger partial charge in [0.1, 0.15) is 0 Å². The number of rotatable bonds is 2. The molecule has 2 rings (SSSR count). The molecular formula is C14H18N4O. The molecule has 0 saturated carbocycles. The Morgan fingerprint density at radius 1 is 1.37 bits per heavy atom. The zero-order valence-corrected chi connectivity index (χ0v) is 11.3. The van der Waals surface area contributed by atoms with Crippen molar-refractivity contribution >= 4 is 22.6 Å². The van der Waals surface area contributed by atoms with Gasteiger partial charge in [-0.3, -0.25) is 5.10 Å². The van der Waals surface area contributed by atoms with Crippen LogP contribution in [0.15, 0.2) is 36.7 Å². The number of benzene rings is 1. The van der Waals surface area contributed by atoms with Gasteiger partial charge < -0.3 is 10.6 Å². The van der Waals surface area contributed by atoms with E-state index in [1.54, 1.807) is 12.4 Å². The van der Waals surface area contributed by atoms with Crippen LogP contribution < -0.4 is 10.6 Å². The average molecular weight is 258 g/mol. The number of urea groups is 1. The molecule has 2 aromatic rings. The summed E-state index contributed by atoms with van der Waals surface area (Å²) >= 11 is 0. The van der Waals surface area contributed by atoms with Crippen LogP contribution in [0, 0.1) is 5.41 Å². The standard InChI is InChI=1S/C14H18N4O/c1-14(2,3)6-7-15-13(19)17-11-5-4-10-9-16-18-12(10)8-11/h4-9H,1-3H3,(H,16,18)(H2,15,17,19)/b7-6+. The van der Waals surface area contributed by atoms with Gasteiger partial charge >= 0.3 is 6.03 Å². The molecule has 0 bridgehead atoms. The number of nitrogens with zero attached hydrogens (tertiary/aromatic N) is 1. The second-order valence-electron chi connectivity index (χ2n) is 5.47. The third-order valence-corrected chi connectivity index (χ3v) is 2.50. The highest BCUT2D eigenvalue weighted by atomic mass is 16.2. The van der Waals surface area contributed by atoms with Crippen molar-refractivity contribution in [3.05, 3.63) is 36.7 Å². The molecule has 100 valence electrons. The minimum atomic E-state index is -0.264. The fourth-order valence-corrected chi connectivity index (χ4v) is 1.55. The maximum absolute atomic E-state index is 11.7. The van der Waals surface area contributed by atoms with Crippen molar-refractivity contribution < 1.29 is 4.79 Å². The van der Waals surface area contributed by atoms with Crippen LogP contribution in [0.5, 0.6) is 0 Å². The van der Waals surface area contributed by atoms with Gasteiger partial charge in [-0.05, 0) is 23.6 Å². The summed E-state index contributed by atoms with van der Waals surface area (Å²) in [6.45, 7) is 6.19. The van der Waals surface area contributed by atoms with Crippen LogP contribution in [-0.2, 0) is 0 Å². The summed E-state index contributed by atoms with van der Waals surface area (Å²) in [5.41, 5.74) is 1.66. The third kappa shape index (κ3) is 3.84. The zero-order valence-electron chi connectivity index (χ0n) is 11.3. The van der Waals surface area contributed by atoms with E-state index in [2.05, 4.69) is 41.6 Å². The molecule has 0 atom stereocenters. The lowest BCUT2D eigenvalue weighted by molar-refractivity contribution is 0.255. The lowest BCUT2D eigenvalue weighted by Gasteiger charge is -2.11. The van der Waals surface area contributed by atoms with Crippen LogP contribution in [0.2, 0.25) is 0 Å². The van der Waals surface area contributed by atoms with Crippen molar-refractivity contribution in [3.8, 4) is 0 Å². The Morgan fingerprint density at radius 3 is 2.89 bits per heavy atom. The fourth-order valence-electron chi connectivity index (χ4n) is 1.55. The third-order valence-electron chi connectivity index (χ3n) is 2.50. The van der Waals surface area contributed by atoms with Gasteiger partial charge in [0, 0.05) is 17.3 Å². The summed E-state index contributed by atoms with van der Waals surface area (Å²) in [6.07, 6.45) is 5.33. The minimum Gasteiger partial charge on any atom is -0.315 e. The number of carbonyl (C=O) groups excluding carboxylic acids is 1. The second-order valence-corrected chi connectivity index (χ2v) is 5.47. The lowest BCUT2D eigenvalue weighted by Crippen LogP contribution is -2.24. The molecule has 2 amide bonds. The molecule has 3 N–H and O–H groups in total. The number of fused-ring (bicyclic) bond motifs is 1. The number of anilines is 1. The summed E-state index contributed by atoms with van der Waals surface area (Å²) in [7, 11) is 0. The molecule has 0 fully saturated rings. The van der Waals surface area contributed by atoms with E-state index in [1.807, 2.05) is 24.3 Å². The van der Waals surface area contributed by atoms with Gasteiger partial charge in [0.05, 0.1) is 11.7 Å². The van der Waals surface area contributed by atoms with Gasteiger partial charge in [-0.25, -0.2) is 4.79 Å². The van der Waals surface area contributed by atoms with Crippen molar-refractivity contribution in [2.45, 2.75) is 20.8 Å². The normalized spacial score (nSPS) is 11.9. The summed E-state index contributed by atoms with van der Waals surface area (Å²) in [5, 5.41) is 13.2. The molecule has 0 spiro atoms. The Morgan fingerprint density at radius 2 is 2.16 bits per heavy atom. The Hall–Kier alpha value is -2.30. The van der Waals surface area contributed by atoms with Crippen molar-refractivity contribution in [3.63, 3.8) is 0 Å². The van der Waals surface area contributed by atoms with E-state index in [0.717, 1.165) is 16.6 Å². The van der Waals surface area contributed by atoms with Crippen molar-refractivity contribution in [2.75, 3.05) is 5.32 Å². The Labute approximate surface area is 112 Å². The number of hydrogen-bond acceptors (Lipinski definition) is 2. The largest absolute Gasteiger partial charge is 0.323 e. The Kier molecular flexibility index (Phi) is 3.55. The number of allylic oxidation sites excluding steroid dienone is 1. The van der Waals surface area contributed by atoms with Crippen molar-refractivity contribution in [2.24, 2.45) is 5.41 Å². The monoisotopic (exact) mass is 258 g/mol. The van der Waals surface area contributed by atoms with E-state index in [1.165, 1.54) is 0 Å². The topological polar surface area (TPSA) is 69.8 Å². The summed E-state index contributed by atoms with van der Waals surface area (Å²) in [5.74, 6) is 0. The molecule has 19 heavy (non-hydrogen) atoms. The van der Waals surface area contributed by atoms with E-state index in [-0.39, 0.29) is 11.4 Å². The maximum Gasteiger partial charge on any atom is 0.323 e. The van der Waals surface area contributed by atoms with Crippen LogP contribution in [0.25, 0.3) is 10.9 Å². The predicted molar refractivity (Wildman–Crippen MR) is 76.8 cm³/mol. The highest BCUT2D eigenvalue weighted by Gasteiger charge is 2.05. The van der Waals surface area contributed by atoms with Gasteiger partial charge in [0.2, 0.25) is 0 Å². The van der Waals surface area contributed by atoms with Crippen LogP contribution in [0.3, 0.4) is 0 Å². The van der Waals surface area contributed by atoms with Crippen LogP contribution in [-0.4, -0.2) is 16.2 Å². The molecule has 0 aliphatic carbocycles. The first-order valence-electron chi connectivity index (χ1n) is 6.12. The molecule has 5 heteroatoms. The molecule has 5 nitrogen and oxygen atoms in total. The van der Waals surface area contributed by atoms with Gasteiger partial charge in [-0.2, -0.15) is 5.10 Å². The van der Waals surface area contributed by atoms with Crippen LogP contribution >= 0.6 is 0 Å². The first-order valence-corrected chi connectivity index (χ1v) is 6.12. The molecule has 0 radical (unpaired) electrons. The van der Waals surface area contributed by atoms with E-state index in [4.69, 9.17) is 0 Å². The maximum atomic E-state index is 11.7. The lowest BCUT2D eigenvalue weighted by atomic mass is 9.97. The molecule has 0 aliphatic heterocycles. The molecule has 1 aromatic heterocycles. The molecule has 0 saturated heterocycles. The summed E-state index contributed by atoms with van der Waals surface area (Å²) < 4.78 is 0. The van der Waals surface area contributed by atoms with E-state index in [0.29, 0.717) is 0 Å². The number of hydrogen-bond donors (Lipinski definition) is 3. The van der Waals surface area contributed by atoms with E-state index in [9.17, 15) is 4.79 Å². The minimum absolute atomic E-state index is 0.0438. The number of carbonyl (C=O) groups is 1. The average Bonchev–Trinajstić information content (AvgIpc) is 2.74. The first kappa shape index (κ1) is 13.1. The number of aromatic nitrogens is 2. The number of nitrogens with one attached hydrogen (secondary N) is 3. The zero-order chi connectivity index (χ0) is 13.9. The fraction of sp³-hybridized carbons (Fsp3) is 0.286. The molecule has 0 unspecified atom stereocenters. The number of H-pyrrole nitrogens is 1. The van der Waals surface area contributed by atoms with Crippen molar-refractivity contribution in [1.29, 1.82) is 0 Å². The second kappa shape index (κ2) is 5.14. The predicted octanol–water partition coefficient (Wildman–Crippen LogP) is 3.24. The van der Waals surface area contributed by atoms with Crippen LogP contribution in [0.4, 0.5) is 10.5 Å². The SMILES string of the molecule is CC(C)(C)/C=C/NC(=O)Nc1ccc2cn[nH]c2c1. The van der Waals surface area contributed by atoms with E-state index < -0.39 is 0 Å². The first-order chi connectivity index (χ1) is 8.94. The van der Waals surface area contributed by atoms with Gasteiger partial charge in [-0.15, -0.1) is 0 Å². The number of amides is 2. The highest BCUT2D eigenvalue weighted by Crippen LogP contribution is 2.16. The summed E-state index contributed by atoms with van der Waals surface area (Å²) in [6, 6.07) is 5.32. The van der Waals surface area contributed by atoms with Gasteiger partial charge in [0.25, 0.3) is 0 Å². The highest BCUT2D eigenvalue weighted by molar-refractivity contribution is 5.92. The van der Waals surface area contributed by atoms with Crippen LogP contribution in [0.1, 0.15) is 20.8 Å². The van der Waals surface area contributed by atoms with E-state index >= 15 is 0 Å². The Balaban J connectivity index is 1.96. The molecule has 1 aromatic carbocycles. The number of aromatic amines is 1. The van der Waals surface area contributed by atoms with Gasteiger partial charge in [-0.1, -0.05) is 26.8 Å². The smallest absolute Gasteiger partial charge is 0.315 e. The Bertz CT molecular complexity index is 607. The summed E-state index contributed by atoms with van der Waals surface area (Å²) in [4.78, 5) is 11.7. The molecular weight excluding hydrogens is 240 g/mol. The quantitative estimate of drug-likeness (QED) is 0.774. The molecule has 1 heterocycles.